The van der Waals surface area contributed by atoms with Crippen LogP contribution in [0.5, 0.6) is 0 Å². The molecule has 0 aromatic heterocycles. The Morgan fingerprint density at radius 3 is 3.07 bits per heavy atom. The summed E-state index contributed by atoms with van der Waals surface area (Å²) in [7, 11) is 0. The van der Waals surface area contributed by atoms with E-state index in [0.717, 1.165) is 26.2 Å². The van der Waals surface area contributed by atoms with Crippen LogP contribution in [0, 0.1) is 0 Å². The fourth-order valence-electron chi connectivity index (χ4n) is 1.57. The fraction of sp³-hybridized carbons (Fsp3) is 0.900. The van der Waals surface area contributed by atoms with Gasteiger partial charge in [0, 0.05) is 32.2 Å². The Bertz CT molecular complexity index is 201. The Morgan fingerprint density at radius 2 is 2.47 bits per heavy atom. The lowest BCUT2D eigenvalue weighted by Crippen LogP contribution is -2.37. The summed E-state index contributed by atoms with van der Waals surface area (Å²) in [4.78, 5) is 13.1. The first kappa shape index (κ1) is 12.6. The number of hydrogen-bond donors (Lipinski definition) is 2. The molecule has 1 aliphatic heterocycles. The molecule has 2 amide bonds. The molecule has 0 radical (unpaired) electrons. The molecule has 0 saturated carbocycles. The van der Waals surface area contributed by atoms with Crippen LogP contribution in [0.15, 0.2) is 0 Å². The second-order valence-corrected chi connectivity index (χ2v) is 4.84. The van der Waals surface area contributed by atoms with Crippen LogP contribution in [0.25, 0.3) is 0 Å². The predicted molar refractivity (Wildman–Crippen MR) is 65.4 cm³/mol. The molecule has 5 heteroatoms. The number of hydrogen-bond acceptors (Lipinski definition) is 3. The summed E-state index contributed by atoms with van der Waals surface area (Å²) in [5, 5.41) is 6.23. The molecule has 1 atom stereocenters. The second kappa shape index (κ2) is 6.95. The van der Waals surface area contributed by atoms with Gasteiger partial charge in [-0.25, -0.2) is 4.79 Å². The Labute approximate surface area is 96.2 Å². The van der Waals surface area contributed by atoms with E-state index in [9.17, 15) is 4.79 Å². The van der Waals surface area contributed by atoms with Gasteiger partial charge < -0.3 is 15.5 Å². The van der Waals surface area contributed by atoms with E-state index in [4.69, 9.17) is 0 Å². The largest absolute Gasteiger partial charge is 0.336 e. The highest BCUT2D eigenvalue weighted by Gasteiger charge is 2.18. The van der Waals surface area contributed by atoms with E-state index in [1.54, 1.807) is 0 Å². The molecule has 1 rings (SSSR count). The summed E-state index contributed by atoms with van der Waals surface area (Å²) in [5.74, 6) is 1.19. The molecular weight excluding hydrogens is 210 g/mol. The monoisotopic (exact) mass is 231 g/mol. The van der Waals surface area contributed by atoms with Gasteiger partial charge in [0.25, 0.3) is 0 Å². The number of amides is 2. The molecule has 0 spiro atoms. The summed E-state index contributed by atoms with van der Waals surface area (Å²) in [6.07, 6.45) is 3.31. The standard InChI is InChI=1S/C10H21N3OS/c1-9(3-8-15-2)11-4-6-13-7-5-12-10(13)14/h9,11H,3-8H2,1-2H3,(H,12,14). The Morgan fingerprint density at radius 1 is 1.67 bits per heavy atom. The van der Waals surface area contributed by atoms with E-state index in [1.165, 1.54) is 12.2 Å². The lowest BCUT2D eigenvalue weighted by molar-refractivity contribution is 0.217. The molecule has 0 aliphatic carbocycles. The highest BCUT2D eigenvalue weighted by Crippen LogP contribution is 2.00. The van der Waals surface area contributed by atoms with Crippen LogP contribution in [0.3, 0.4) is 0 Å². The maximum atomic E-state index is 11.2. The molecule has 1 heterocycles. The highest BCUT2D eigenvalue weighted by molar-refractivity contribution is 7.98. The molecule has 88 valence electrons. The molecule has 1 unspecified atom stereocenters. The minimum Gasteiger partial charge on any atom is -0.336 e. The first-order chi connectivity index (χ1) is 7.24. The van der Waals surface area contributed by atoms with Crippen molar-refractivity contribution in [1.82, 2.24) is 15.5 Å². The summed E-state index contributed by atoms with van der Waals surface area (Å²) in [5.41, 5.74) is 0. The van der Waals surface area contributed by atoms with Crippen molar-refractivity contribution in [2.75, 3.05) is 38.2 Å². The van der Waals surface area contributed by atoms with Crippen molar-refractivity contribution in [2.24, 2.45) is 0 Å². The lowest BCUT2D eigenvalue weighted by atomic mass is 10.2. The zero-order valence-corrected chi connectivity index (χ0v) is 10.4. The quantitative estimate of drug-likeness (QED) is 0.679. The summed E-state index contributed by atoms with van der Waals surface area (Å²) >= 11 is 1.87. The van der Waals surface area contributed by atoms with Gasteiger partial charge >= 0.3 is 6.03 Å². The maximum Gasteiger partial charge on any atom is 0.317 e. The first-order valence-corrected chi connectivity index (χ1v) is 6.88. The van der Waals surface area contributed by atoms with E-state index >= 15 is 0 Å². The third kappa shape index (κ3) is 4.75. The van der Waals surface area contributed by atoms with Crippen LogP contribution in [-0.2, 0) is 0 Å². The number of carbonyl (C=O) groups is 1. The van der Waals surface area contributed by atoms with Crippen molar-refractivity contribution in [3.8, 4) is 0 Å². The topological polar surface area (TPSA) is 44.4 Å². The molecule has 1 saturated heterocycles. The lowest BCUT2D eigenvalue weighted by Gasteiger charge is -2.17. The average molecular weight is 231 g/mol. The molecule has 4 nitrogen and oxygen atoms in total. The minimum atomic E-state index is 0.0774. The Hall–Kier alpha value is -0.420. The molecule has 15 heavy (non-hydrogen) atoms. The molecular formula is C10H21N3OS. The van der Waals surface area contributed by atoms with Crippen molar-refractivity contribution < 1.29 is 4.79 Å². The number of rotatable bonds is 7. The Kier molecular flexibility index (Phi) is 5.86. The molecule has 1 aliphatic rings. The zero-order valence-electron chi connectivity index (χ0n) is 9.58. The van der Waals surface area contributed by atoms with Crippen molar-refractivity contribution in [3.05, 3.63) is 0 Å². The molecule has 0 bridgehead atoms. The van der Waals surface area contributed by atoms with Gasteiger partial charge in [-0.15, -0.1) is 0 Å². The van der Waals surface area contributed by atoms with E-state index < -0.39 is 0 Å². The SMILES string of the molecule is CSCCC(C)NCCN1CCNC1=O. The van der Waals surface area contributed by atoms with Gasteiger partial charge in [-0.05, 0) is 25.4 Å². The molecule has 0 aromatic carbocycles. The van der Waals surface area contributed by atoms with Gasteiger partial charge in [0.15, 0.2) is 0 Å². The van der Waals surface area contributed by atoms with E-state index in [2.05, 4.69) is 23.8 Å². The third-order valence-electron chi connectivity index (χ3n) is 2.57. The van der Waals surface area contributed by atoms with Gasteiger partial charge in [-0.2, -0.15) is 11.8 Å². The van der Waals surface area contributed by atoms with Crippen LogP contribution in [-0.4, -0.2) is 55.2 Å². The van der Waals surface area contributed by atoms with Crippen LogP contribution < -0.4 is 10.6 Å². The van der Waals surface area contributed by atoms with E-state index in [1.807, 2.05) is 16.7 Å². The third-order valence-corrected chi connectivity index (χ3v) is 3.22. The number of nitrogens with zero attached hydrogens (tertiary/aromatic N) is 1. The van der Waals surface area contributed by atoms with Crippen molar-refractivity contribution >= 4 is 17.8 Å². The number of nitrogens with one attached hydrogen (secondary N) is 2. The molecule has 1 fully saturated rings. The Balaban J connectivity index is 2.02. The molecule has 0 aromatic rings. The number of carbonyl (C=O) groups excluding carboxylic acids is 1. The molecule has 2 N–H and O–H groups in total. The van der Waals surface area contributed by atoms with Gasteiger partial charge in [0.1, 0.15) is 0 Å². The summed E-state index contributed by atoms with van der Waals surface area (Å²) in [6, 6.07) is 0.622. The van der Waals surface area contributed by atoms with Crippen molar-refractivity contribution in [3.63, 3.8) is 0 Å². The van der Waals surface area contributed by atoms with E-state index in [-0.39, 0.29) is 6.03 Å². The maximum absolute atomic E-state index is 11.2. The fourth-order valence-corrected chi connectivity index (χ4v) is 2.16. The van der Waals surface area contributed by atoms with Gasteiger partial charge in [0.2, 0.25) is 0 Å². The van der Waals surface area contributed by atoms with Crippen LogP contribution in [0.2, 0.25) is 0 Å². The summed E-state index contributed by atoms with van der Waals surface area (Å²) in [6.45, 7) is 5.54. The van der Waals surface area contributed by atoms with Gasteiger partial charge in [0.05, 0.1) is 0 Å². The van der Waals surface area contributed by atoms with E-state index in [0.29, 0.717) is 6.04 Å². The predicted octanol–water partition coefficient (Wildman–Crippen LogP) is 0.743. The van der Waals surface area contributed by atoms with Gasteiger partial charge in [-0.3, -0.25) is 0 Å². The first-order valence-electron chi connectivity index (χ1n) is 5.49. The van der Waals surface area contributed by atoms with Crippen molar-refractivity contribution in [1.29, 1.82) is 0 Å². The number of thioether (sulfide) groups is 1. The minimum absolute atomic E-state index is 0.0774. The highest BCUT2D eigenvalue weighted by atomic mass is 32.2. The van der Waals surface area contributed by atoms with Crippen LogP contribution in [0.1, 0.15) is 13.3 Å². The van der Waals surface area contributed by atoms with Gasteiger partial charge in [-0.1, -0.05) is 0 Å². The zero-order chi connectivity index (χ0) is 11.1. The average Bonchev–Trinajstić information content (AvgIpc) is 2.61. The van der Waals surface area contributed by atoms with Crippen LogP contribution in [0.4, 0.5) is 4.79 Å². The second-order valence-electron chi connectivity index (χ2n) is 3.86. The van der Waals surface area contributed by atoms with Crippen molar-refractivity contribution in [2.45, 2.75) is 19.4 Å². The normalized spacial score (nSPS) is 18.0. The number of urea groups is 1. The smallest absolute Gasteiger partial charge is 0.317 e. The van der Waals surface area contributed by atoms with Crippen LogP contribution >= 0.6 is 11.8 Å². The summed E-state index contributed by atoms with van der Waals surface area (Å²) < 4.78 is 0.